The van der Waals surface area contributed by atoms with Crippen LogP contribution in [0, 0.1) is 16.7 Å². The van der Waals surface area contributed by atoms with Crippen molar-refractivity contribution in [3.63, 3.8) is 0 Å². The second kappa shape index (κ2) is 64.7. The van der Waals surface area contributed by atoms with Gasteiger partial charge in [-0.2, -0.15) is 23.5 Å². The van der Waals surface area contributed by atoms with Crippen LogP contribution in [0.3, 0.4) is 0 Å². The Bertz CT molecular complexity index is 3760. The highest BCUT2D eigenvalue weighted by molar-refractivity contribution is 7.98. The Hall–Kier alpha value is -12.0. The third-order valence-electron chi connectivity index (χ3n) is 18.9. The molecule has 128 heavy (non-hydrogen) atoms. The van der Waals surface area contributed by atoms with E-state index >= 15 is 0 Å². The van der Waals surface area contributed by atoms with Crippen molar-refractivity contribution in [2.24, 2.45) is 40.3 Å². The Balaban J connectivity index is 7.69. The highest BCUT2D eigenvalue weighted by Gasteiger charge is 2.39. The maximum absolute atomic E-state index is 14.7. The van der Waals surface area contributed by atoms with Gasteiger partial charge in [-0.25, -0.2) is 4.79 Å². The molecule has 0 radical (unpaired) electrons. The van der Waals surface area contributed by atoms with Crippen LogP contribution in [0.1, 0.15) is 187 Å². The molecule has 14 amide bonds. The molecule has 0 aromatic carbocycles. The zero-order chi connectivity index (χ0) is 97.3. The number of thioether (sulfide) groups is 2. The second-order valence-electron chi connectivity index (χ2n) is 30.1. The molecule has 0 saturated carbocycles. The van der Waals surface area contributed by atoms with E-state index < -0.39 is 304 Å². The van der Waals surface area contributed by atoms with Crippen LogP contribution in [0.25, 0.3) is 0 Å². The summed E-state index contributed by atoms with van der Waals surface area (Å²) in [5.41, 5.74) is 33.8. The van der Waals surface area contributed by atoms with Crippen molar-refractivity contribution in [2.45, 2.75) is 272 Å². The van der Waals surface area contributed by atoms with E-state index in [-0.39, 0.29) is 133 Å². The number of aliphatic carboxylic acids is 7. The molecule has 51 nitrogen and oxygen atoms in total. The number of unbranched alkanes of at least 4 members (excludes halogenated alkanes) is 2. The first-order chi connectivity index (χ1) is 60.2. The van der Waals surface area contributed by atoms with Gasteiger partial charge < -0.3 is 150 Å². The first-order valence-corrected chi connectivity index (χ1v) is 44.1. The normalized spacial score (nSPS) is 14.2. The lowest BCUT2D eigenvalue weighted by molar-refractivity contribution is -0.143. The monoisotopic (exact) mass is 1860 g/mol. The average molecular weight is 1870 g/mol. The number of amides is 14. The van der Waals surface area contributed by atoms with Crippen LogP contribution in [0.5, 0.6) is 0 Å². The van der Waals surface area contributed by atoms with Gasteiger partial charge in [0.1, 0.15) is 78.5 Å². The number of hydrogen-bond donors (Lipinski definition) is 30. The minimum atomic E-state index is -1.92. The van der Waals surface area contributed by atoms with Crippen molar-refractivity contribution in [3.8, 4) is 0 Å². The summed E-state index contributed by atoms with van der Waals surface area (Å²) in [6, 6.07) is -24.0. The predicted octanol–water partition coefficient (Wildman–Crippen LogP) is -7.51. The van der Waals surface area contributed by atoms with E-state index in [9.17, 15) is 131 Å². The number of nitrogens with one attached hydrogen (secondary N) is 17. The number of guanidine groups is 2. The molecule has 0 saturated heterocycles. The topological polar surface area (TPSA) is 884 Å². The van der Waals surface area contributed by atoms with E-state index in [0.29, 0.717) is 0 Å². The number of primary amides is 1. The SMILES string of the molecule is CSCC[C@H](NC(=O)[C@H](CCSC)NC(=O)[C@H](CCC(N)=O)NC(=O)[C@H](CCC(=O)O)NC(=O)[C@H](CCCCN)NC(=O)[C@H](CCC(=O)O)NC(=O)[C@H](CCCNC(=N)N)NC(=O)[C@@H](N)CCC(=O)O)C(=O)N[C@@H](CCCNC(=N)N)C(=O)N[C@@H](CCC(=O)O)C(=O)N[C@@H](CCCCN)C(=O)N[C@@H](CCC(=O)O)C(=O)N[C@@H](CCC(=O)O)C(=O)N[C@@H](CC(C)C)C(=O)O. The summed E-state index contributed by atoms with van der Waals surface area (Å²) in [6.07, 6.45) is -7.65. The molecule has 0 aromatic heterocycles. The van der Waals surface area contributed by atoms with Gasteiger partial charge in [0, 0.05) is 58.0 Å². The minimum absolute atomic E-state index is 0.0202. The summed E-state index contributed by atoms with van der Waals surface area (Å²) >= 11 is 2.36. The van der Waals surface area contributed by atoms with Gasteiger partial charge in [-0.05, 0) is 171 Å². The number of hydrogen-bond acceptors (Lipinski definition) is 28. The first kappa shape index (κ1) is 116. The molecule has 0 heterocycles. The average Bonchev–Trinajstić information content (AvgIpc) is 0.858. The number of carbonyl (C=O) groups is 21. The van der Waals surface area contributed by atoms with Gasteiger partial charge in [-0.3, -0.25) is 107 Å². The molecule has 0 aliphatic carbocycles. The lowest BCUT2D eigenvalue weighted by Crippen LogP contribution is -2.61. The van der Waals surface area contributed by atoms with Gasteiger partial charge in [0.25, 0.3) is 0 Å². The van der Waals surface area contributed by atoms with E-state index in [1.807, 2.05) is 0 Å². The molecule has 0 spiro atoms. The summed E-state index contributed by atoms with van der Waals surface area (Å²) < 4.78 is 0. The standard InChI is InChI=1S/C75H129N23O28S2/c1-38(2)37-52(73(125)126)98-70(122)49(21-28-59(110)111)95-69(121)48(20-27-58(108)109)92-62(114)41(12-6-8-32-77)88-67(119)46(18-25-56(104)105)94-64(116)43(14-10-34-85-75(82)83)89-71(123)50(29-35-127-3)97-72(124)51(30-36-128-4)96-65(117)44(16-22-53(79)99)90-68(120)47(19-26-57(106)107)91-61(113)40(11-5-7-31-76)87-66(118)45(17-24-55(102)103)93-63(115)42(13-9-33-84-74(80)81)86-60(112)39(78)15-23-54(100)101/h38-52H,5-37,76-78H2,1-4H3,(H2,79,99)(H,86,112)(H,87,118)(H,88,119)(H,89,123)(H,90,120)(H,91,113)(H,92,114)(H,93,115)(H,94,116)(H,95,121)(H,96,117)(H,97,124)(H,98,122)(H,100,101)(H,102,103)(H,104,105)(H,106,107)(H,108,109)(H,110,111)(H,125,126)(H4,80,81,84)(H4,82,83,85)/t39-,40-,41-,42-,43-,44-,45-,46-,47-,48-,49-,50-,51-,52-/m0/s1. The Kier molecular flexibility index (Phi) is 58.6. The molecule has 0 aromatic rings. The number of carboxylic acids is 7. The smallest absolute Gasteiger partial charge is 0.326 e. The van der Waals surface area contributed by atoms with E-state index in [2.05, 4.69) is 79.8 Å². The van der Waals surface area contributed by atoms with E-state index in [1.54, 1.807) is 26.4 Å². The Morgan fingerprint density at radius 3 is 0.688 bits per heavy atom. The van der Waals surface area contributed by atoms with Crippen LogP contribution in [-0.4, -0.2) is 307 Å². The molecule has 0 aliphatic heterocycles. The summed E-state index contributed by atoms with van der Waals surface area (Å²) in [5.74, 6) is -27.4. The zero-order valence-corrected chi connectivity index (χ0v) is 73.6. The lowest BCUT2D eigenvalue weighted by atomic mass is 10.0. The van der Waals surface area contributed by atoms with Crippen molar-refractivity contribution in [3.05, 3.63) is 0 Å². The second-order valence-corrected chi connectivity index (χ2v) is 32.0. The van der Waals surface area contributed by atoms with Crippen LogP contribution in [0.15, 0.2) is 0 Å². The molecule has 53 heteroatoms. The summed E-state index contributed by atoms with van der Waals surface area (Å²) in [4.78, 5) is 281. The Morgan fingerprint density at radius 2 is 0.484 bits per heavy atom. The fraction of sp³-hybridized carbons (Fsp3) is 0.693. The van der Waals surface area contributed by atoms with Gasteiger partial charge in [-0.1, -0.05) is 13.8 Å². The quantitative estimate of drug-likeness (QED) is 0.0153. The molecule has 0 fully saturated rings. The van der Waals surface area contributed by atoms with Gasteiger partial charge in [0.05, 0.1) is 6.04 Å². The van der Waals surface area contributed by atoms with Gasteiger partial charge in [0.2, 0.25) is 82.7 Å². The zero-order valence-electron chi connectivity index (χ0n) is 72.0. The first-order valence-electron chi connectivity index (χ1n) is 41.3. The maximum atomic E-state index is 14.7. The van der Waals surface area contributed by atoms with Crippen LogP contribution in [0.2, 0.25) is 0 Å². The highest BCUT2D eigenvalue weighted by Crippen LogP contribution is 2.16. The van der Waals surface area contributed by atoms with Crippen LogP contribution < -0.4 is 114 Å². The fourth-order valence-electron chi connectivity index (χ4n) is 12.0. The van der Waals surface area contributed by atoms with Crippen molar-refractivity contribution in [1.82, 2.24) is 79.8 Å². The molecule has 0 bridgehead atoms. The van der Waals surface area contributed by atoms with Gasteiger partial charge >= 0.3 is 41.8 Å². The maximum Gasteiger partial charge on any atom is 0.326 e. The fourth-order valence-corrected chi connectivity index (χ4v) is 13.0. The van der Waals surface area contributed by atoms with Gasteiger partial charge in [0.15, 0.2) is 11.9 Å². The van der Waals surface area contributed by atoms with Crippen molar-refractivity contribution in [1.29, 1.82) is 10.8 Å². The van der Waals surface area contributed by atoms with Crippen molar-refractivity contribution < 1.29 is 136 Å². The summed E-state index contributed by atoms with van der Waals surface area (Å²) in [6.45, 7) is 3.24. The third kappa shape index (κ3) is 52.2. The molecule has 14 atom stereocenters. The number of carbonyl (C=O) groups excluding carboxylic acids is 14. The van der Waals surface area contributed by atoms with Crippen LogP contribution in [-0.2, 0) is 101 Å². The molecule has 0 rings (SSSR count). The number of nitrogens with two attached hydrogens (primary N) is 6. The number of rotatable bonds is 72. The molecule has 724 valence electrons. The Labute approximate surface area is 746 Å². The summed E-state index contributed by atoms with van der Waals surface area (Å²) in [5, 5.41) is 119. The third-order valence-corrected chi connectivity index (χ3v) is 20.2. The van der Waals surface area contributed by atoms with Gasteiger partial charge in [-0.15, -0.1) is 0 Å². The molecular formula is C75H129N23O28S2. The minimum Gasteiger partial charge on any atom is -0.481 e. The number of carboxylic acid groups (broad SMARTS) is 7. The molecule has 0 aliphatic rings. The molecular weight excluding hydrogens is 1740 g/mol. The van der Waals surface area contributed by atoms with E-state index in [0.717, 1.165) is 0 Å². The van der Waals surface area contributed by atoms with Crippen molar-refractivity contribution in [2.75, 3.05) is 50.2 Å². The van der Waals surface area contributed by atoms with E-state index in [4.69, 9.17) is 50.3 Å². The van der Waals surface area contributed by atoms with Crippen molar-refractivity contribution >= 4 is 160 Å². The predicted molar refractivity (Wildman–Crippen MR) is 460 cm³/mol. The summed E-state index contributed by atoms with van der Waals surface area (Å²) in [7, 11) is 0. The highest BCUT2D eigenvalue weighted by atomic mass is 32.2. The molecule has 36 N–H and O–H groups in total. The van der Waals surface area contributed by atoms with Crippen LogP contribution in [0.4, 0.5) is 0 Å². The largest absolute Gasteiger partial charge is 0.481 e. The lowest BCUT2D eigenvalue weighted by Gasteiger charge is -2.29. The Morgan fingerprint density at radius 1 is 0.281 bits per heavy atom. The molecule has 0 unspecified atom stereocenters. The van der Waals surface area contributed by atoms with E-state index in [1.165, 1.54) is 23.5 Å². The van der Waals surface area contributed by atoms with Crippen LogP contribution >= 0.6 is 23.5 Å².